The third kappa shape index (κ3) is 12.0. The molecule has 0 aliphatic rings. The molecule has 52 heavy (non-hydrogen) atoms. The SMILES string of the molecule is CNC(=O)c1cc(NC(=O)N(CCC#N)CCN(C(=O)N[C@@H](Cc2ccccc2)C(=O)N[C@H](CC(C)C)C(=O)NC)c2ccccc2)ccc1OC. The molecule has 0 bridgehead atoms. The summed E-state index contributed by atoms with van der Waals surface area (Å²) in [4.78, 5) is 69.3. The van der Waals surface area contributed by atoms with E-state index in [0.29, 0.717) is 23.5 Å². The highest BCUT2D eigenvalue weighted by molar-refractivity contribution is 5.99. The number of nitrogens with zero attached hydrogens (tertiary/aromatic N) is 3. The van der Waals surface area contributed by atoms with Crippen LogP contribution in [0, 0.1) is 17.2 Å². The van der Waals surface area contributed by atoms with Gasteiger partial charge in [0.25, 0.3) is 5.91 Å². The molecule has 5 N–H and O–H groups in total. The molecule has 0 saturated carbocycles. The minimum Gasteiger partial charge on any atom is -0.496 e. The number of ether oxygens (including phenoxy) is 1. The number of carbonyl (C=O) groups is 5. The molecule has 0 heterocycles. The van der Waals surface area contributed by atoms with Gasteiger partial charge in [0.1, 0.15) is 17.8 Å². The molecule has 3 aromatic carbocycles. The highest BCUT2D eigenvalue weighted by Gasteiger charge is 2.29. The fourth-order valence-corrected chi connectivity index (χ4v) is 5.41. The van der Waals surface area contributed by atoms with Crippen LogP contribution in [-0.4, -0.2) is 87.6 Å². The largest absolute Gasteiger partial charge is 0.496 e. The van der Waals surface area contributed by atoms with Crippen molar-refractivity contribution in [3.8, 4) is 11.8 Å². The third-order valence-corrected chi connectivity index (χ3v) is 8.09. The lowest BCUT2D eigenvalue weighted by atomic mass is 10.0. The van der Waals surface area contributed by atoms with E-state index in [1.165, 1.54) is 37.1 Å². The van der Waals surface area contributed by atoms with Crippen LogP contribution < -0.4 is 36.2 Å². The van der Waals surface area contributed by atoms with Crippen molar-refractivity contribution in [1.29, 1.82) is 5.26 Å². The monoisotopic (exact) mass is 712 g/mol. The van der Waals surface area contributed by atoms with Crippen LogP contribution in [0.1, 0.15) is 42.6 Å². The molecule has 276 valence electrons. The third-order valence-electron chi connectivity index (χ3n) is 8.09. The Morgan fingerprint density at radius 3 is 2.06 bits per heavy atom. The number of hydrogen-bond donors (Lipinski definition) is 5. The topological polar surface area (TPSA) is 185 Å². The molecule has 14 nitrogen and oxygen atoms in total. The summed E-state index contributed by atoms with van der Waals surface area (Å²) in [5.41, 5.74) is 1.85. The van der Waals surface area contributed by atoms with Gasteiger partial charge in [-0.1, -0.05) is 62.4 Å². The Bertz CT molecular complexity index is 1700. The van der Waals surface area contributed by atoms with E-state index in [-0.39, 0.29) is 49.9 Å². The number of nitrogens with one attached hydrogen (secondary N) is 5. The van der Waals surface area contributed by atoms with Crippen molar-refractivity contribution < 1.29 is 28.7 Å². The standard InChI is InChI=1S/C38H48N8O6/c1-26(2)23-31(35(48)41-4)43-36(49)32(24-27-13-8-6-9-14-27)44-38(51)46(29-15-10-7-11-16-29)22-21-45(20-12-19-39)37(50)42-28-17-18-33(52-5)30(25-28)34(47)40-3/h6-11,13-18,25-26,31-32H,12,20-24H2,1-5H3,(H,40,47)(H,41,48)(H,42,50)(H,43,49)(H,44,51)/t31-,32+/m1/s1. The first-order valence-electron chi connectivity index (χ1n) is 17.0. The summed E-state index contributed by atoms with van der Waals surface area (Å²) in [5.74, 6) is -0.825. The number of amides is 7. The van der Waals surface area contributed by atoms with Crippen LogP contribution in [0.3, 0.4) is 0 Å². The molecule has 14 heteroatoms. The number of likely N-dealkylation sites (N-methyl/N-ethyl adjacent to an activating group) is 1. The fraction of sp³-hybridized carbons (Fsp3) is 0.368. The van der Waals surface area contributed by atoms with E-state index in [9.17, 15) is 29.2 Å². The van der Waals surface area contributed by atoms with Crippen molar-refractivity contribution in [3.63, 3.8) is 0 Å². The normalized spacial score (nSPS) is 11.6. The van der Waals surface area contributed by atoms with Gasteiger partial charge < -0.3 is 36.2 Å². The first-order chi connectivity index (χ1) is 25.0. The Morgan fingerprint density at radius 2 is 1.46 bits per heavy atom. The number of hydrogen-bond acceptors (Lipinski definition) is 7. The fourth-order valence-electron chi connectivity index (χ4n) is 5.41. The Labute approximate surface area is 304 Å². The molecule has 0 aromatic heterocycles. The van der Waals surface area contributed by atoms with Crippen molar-refractivity contribution in [2.75, 3.05) is 51.1 Å². The second-order valence-electron chi connectivity index (χ2n) is 12.3. The Hall–Kier alpha value is -6.10. The van der Waals surface area contributed by atoms with E-state index in [0.717, 1.165) is 5.56 Å². The number of nitriles is 1. The average molecular weight is 713 g/mol. The lowest BCUT2D eigenvalue weighted by molar-refractivity contribution is -0.130. The van der Waals surface area contributed by atoms with Crippen molar-refractivity contribution >= 4 is 41.2 Å². The first kappa shape index (κ1) is 40.3. The molecule has 3 aromatic rings. The second-order valence-corrected chi connectivity index (χ2v) is 12.3. The predicted molar refractivity (Wildman–Crippen MR) is 199 cm³/mol. The Balaban J connectivity index is 1.88. The predicted octanol–water partition coefficient (Wildman–Crippen LogP) is 3.91. The van der Waals surface area contributed by atoms with Gasteiger partial charge in [-0.2, -0.15) is 5.26 Å². The van der Waals surface area contributed by atoms with Crippen LogP contribution in [0.15, 0.2) is 78.9 Å². The van der Waals surface area contributed by atoms with Crippen LogP contribution in [0.2, 0.25) is 0 Å². The van der Waals surface area contributed by atoms with Crippen LogP contribution in [0.4, 0.5) is 21.0 Å². The van der Waals surface area contributed by atoms with Gasteiger partial charge in [0.05, 0.1) is 25.2 Å². The Morgan fingerprint density at radius 1 is 0.788 bits per heavy atom. The van der Waals surface area contributed by atoms with E-state index in [1.807, 2.05) is 50.2 Å². The lowest BCUT2D eigenvalue weighted by Crippen LogP contribution is -2.57. The highest BCUT2D eigenvalue weighted by atomic mass is 16.5. The minimum absolute atomic E-state index is 0.00527. The van der Waals surface area contributed by atoms with E-state index in [2.05, 4.69) is 26.6 Å². The van der Waals surface area contributed by atoms with Gasteiger partial charge in [0.15, 0.2) is 0 Å². The number of anilines is 2. The average Bonchev–Trinajstić information content (AvgIpc) is 3.15. The van der Waals surface area contributed by atoms with Gasteiger partial charge >= 0.3 is 12.1 Å². The van der Waals surface area contributed by atoms with Gasteiger partial charge in [-0.15, -0.1) is 0 Å². The van der Waals surface area contributed by atoms with Gasteiger partial charge in [-0.05, 0) is 48.2 Å². The maximum atomic E-state index is 14.1. The zero-order chi connectivity index (χ0) is 38.0. The quantitative estimate of drug-likeness (QED) is 0.141. The van der Waals surface area contributed by atoms with Crippen LogP contribution in [-0.2, 0) is 16.0 Å². The molecule has 3 rings (SSSR count). The summed E-state index contributed by atoms with van der Waals surface area (Å²) in [6.45, 7) is 3.96. The van der Waals surface area contributed by atoms with Crippen LogP contribution in [0.25, 0.3) is 0 Å². The summed E-state index contributed by atoms with van der Waals surface area (Å²) in [7, 11) is 4.42. The number of methoxy groups -OCH3 is 1. The number of benzene rings is 3. The second kappa shape index (κ2) is 20.5. The smallest absolute Gasteiger partial charge is 0.322 e. The van der Waals surface area contributed by atoms with Crippen molar-refractivity contribution in [3.05, 3.63) is 90.0 Å². The lowest BCUT2D eigenvalue weighted by Gasteiger charge is -2.30. The summed E-state index contributed by atoms with van der Waals surface area (Å²) in [6, 6.07) is 21.7. The molecule has 0 unspecified atom stereocenters. The molecule has 0 radical (unpaired) electrons. The van der Waals surface area contributed by atoms with Gasteiger partial charge in [-0.25, -0.2) is 9.59 Å². The van der Waals surface area contributed by atoms with Gasteiger partial charge in [0, 0.05) is 51.5 Å². The molecule has 7 amide bonds. The molecular weight excluding hydrogens is 664 g/mol. The molecular formula is C38H48N8O6. The zero-order valence-corrected chi connectivity index (χ0v) is 30.3. The maximum absolute atomic E-state index is 14.1. The van der Waals surface area contributed by atoms with Gasteiger partial charge in [0.2, 0.25) is 11.8 Å². The van der Waals surface area contributed by atoms with E-state index >= 15 is 0 Å². The summed E-state index contributed by atoms with van der Waals surface area (Å²) in [5, 5.41) is 22.9. The minimum atomic E-state index is -1.05. The Kier molecular flexibility index (Phi) is 15.9. The maximum Gasteiger partial charge on any atom is 0.322 e. The van der Waals surface area contributed by atoms with E-state index in [4.69, 9.17) is 4.74 Å². The zero-order valence-electron chi connectivity index (χ0n) is 30.3. The van der Waals surface area contributed by atoms with Crippen LogP contribution >= 0.6 is 0 Å². The molecule has 0 aliphatic carbocycles. The van der Waals surface area contributed by atoms with Crippen LogP contribution in [0.5, 0.6) is 5.75 Å². The number of urea groups is 2. The van der Waals surface area contributed by atoms with Gasteiger partial charge in [-0.3, -0.25) is 19.3 Å². The van der Waals surface area contributed by atoms with E-state index < -0.39 is 36.0 Å². The number of rotatable bonds is 17. The first-order valence-corrected chi connectivity index (χ1v) is 17.0. The molecule has 0 fully saturated rings. The molecule has 0 saturated heterocycles. The molecule has 2 atom stereocenters. The highest BCUT2D eigenvalue weighted by Crippen LogP contribution is 2.23. The summed E-state index contributed by atoms with van der Waals surface area (Å²) >= 11 is 0. The van der Waals surface area contributed by atoms with Crippen molar-refractivity contribution in [1.82, 2.24) is 26.2 Å². The van der Waals surface area contributed by atoms with E-state index in [1.54, 1.807) is 42.5 Å². The summed E-state index contributed by atoms with van der Waals surface area (Å²) in [6.07, 6.45) is 0.580. The summed E-state index contributed by atoms with van der Waals surface area (Å²) < 4.78 is 5.28. The molecule has 0 spiro atoms. The number of carbonyl (C=O) groups excluding carboxylic acids is 5. The number of para-hydroxylation sites is 1. The van der Waals surface area contributed by atoms with Crippen molar-refractivity contribution in [2.24, 2.45) is 5.92 Å². The molecule has 0 aliphatic heterocycles. The van der Waals surface area contributed by atoms with Crippen molar-refractivity contribution in [2.45, 2.75) is 45.2 Å².